The number of aromatic nitrogens is 2. The molecule has 0 spiro atoms. The zero-order valence-electron chi connectivity index (χ0n) is 13.1. The Morgan fingerprint density at radius 3 is 2.62 bits per heavy atom. The van der Waals surface area contributed by atoms with Crippen LogP contribution in [-0.4, -0.2) is 45.6 Å². The van der Waals surface area contributed by atoms with Crippen LogP contribution in [0.3, 0.4) is 0 Å². The number of amides is 1. The van der Waals surface area contributed by atoms with Crippen LogP contribution < -0.4 is 4.74 Å². The van der Waals surface area contributed by atoms with E-state index >= 15 is 0 Å². The van der Waals surface area contributed by atoms with Crippen LogP contribution in [0.4, 0.5) is 4.39 Å². The Hall–Kier alpha value is -2.54. The van der Waals surface area contributed by atoms with Crippen molar-refractivity contribution in [3.63, 3.8) is 0 Å². The van der Waals surface area contributed by atoms with Gasteiger partial charge in [-0.2, -0.15) is 0 Å². The topological polar surface area (TPSA) is 75.6 Å². The lowest BCUT2D eigenvalue weighted by Gasteiger charge is -2.28. The maximum absolute atomic E-state index is 14.2. The molecule has 3 rings (SSSR count). The van der Waals surface area contributed by atoms with Crippen LogP contribution in [-0.2, 0) is 11.4 Å². The summed E-state index contributed by atoms with van der Waals surface area (Å²) in [5, 5.41) is 9.14. The van der Waals surface area contributed by atoms with Gasteiger partial charge in [0.15, 0.2) is 0 Å². The monoisotopic (exact) mass is 331 g/mol. The Labute approximate surface area is 138 Å². The summed E-state index contributed by atoms with van der Waals surface area (Å²) < 4.78 is 19.9. The van der Waals surface area contributed by atoms with Crippen LogP contribution in [0.15, 0.2) is 30.6 Å². The van der Waals surface area contributed by atoms with Crippen molar-refractivity contribution in [2.45, 2.75) is 25.6 Å². The lowest BCUT2D eigenvalue weighted by Crippen LogP contribution is -2.37. The highest BCUT2D eigenvalue weighted by Crippen LogP contribution is 2.25. The van der Waals surface area contributed by atoms with E-state index < -0.39 is 5.82 Å². The first kappa shape index (κ1) is 16.3. The molecule has 1 aliphatic rings. The molecule has 6 nitrogen and oxygen atoms in total. The van der Waals surface area contributed by atoms with Crippen molar-refractivity contribution in [3.8, 4) is 17.1 Å². The lowest BCUT2D eigenvalue weighted by atomic mass is 10.1. The Bertz CT molecular complexity index is 701. The van der Waals surface area contributed by atoms with E-state index in [1.54, 1.807) is 17.0 Å². The average Bonchev–Trinajstić information content (AvgIpc) is 2.63. The number of carbonyl (C=O) groups excluding carboxylic acids is 1. The maximum Gasteiger partial charge on any atom is 0.316 e. The zero-order valence-corrected chi connectivity index (χ0v) is 13.1. The molecule has 24 heavy (non-hydrogen) atoms. The summed E-state index contributed by atoms with van der Waals surface area (Å²) in [5.74, 6) is -0.474. The van der Waals surface area contributed by atoms with Gasteiger partial charge >= 0.3 is 6.01 Å². The number of likely N-dealkylation sites (tertiary alicyclic amines) is 1. The van der Waals surface area contributed by atoms with Crippen molar-refractivity contribution >= 4 is 6.41 Å². The summed E-state index contributed by atoms with van der Waals surface area (Å²) >= 11 is 0. The van der Waals surface area contributed by atoms with Crippen molar-refractivity contribution in [2.75, 3.05) is 13.1 Å². The molecule has 126 valence electrons. The smallest absolute Gasteiger partial charge is 0.316 e. The molecule has 0 saturated carbocycles. The molecule has 0 atom stereocenters. The number of aliphatic hydroxyl groups is 1. The number of aliphatic hydroxyl groups excluding tert-OH is 1. The van der Waals surface area contributed by atoms with Crippen LogP contribution >= 0.6 is 0 Å². The van der Waals surface area contributed by atoms with Crippen LogP contribution in [0, 0.1) is 5.82 Å². The fourth-order valence-corrected chi connectivity index (χ4v) is 2.69. The van der Waals surface area contributed by atoms with E-state index in [2.05, 4.69) is 9.97 Å². The number of rotatable bonds is 5. The summed E-state index contributed by atoms with van der Waals surface area (Å²) in [5.41, 5.74) is 1.09. The van der Waals surface area contributed by atoms with Gasteiger partial charge in [0, 0.05) is 55.0 Å². The molecule has 2 aromatic rings. The summed E-state index contributed by atoms with van der Waals surface area (Å²) in [6.07, 6.45) is 5.29. The summed E-state index contributed by atoms with van der Waals surface area (Å²) in [6, 6.07) is 5.06. The molecule has 2 heterocycles. The highest BCUT2D eigenvalue weighted by atomic mass is 19.1. The van der Waals surface area contributed by atoms with Crippen molar-refractivity contribution < 1.29 is 19.0 Å². The molecule has 7 heteroatoms. The SMILES string of the molecule is O=CN1CCC(Oc2ncc(-c3cccc(CO)c3F)cn2)CC1. The first-order valence-electron chi connectivity index (χ1n) is 7.78. The molecule has 0 aliphatic carbocycles. The van der Waals surface area contributed by atoms with Gasteiger partial charge in [0.2, 0.25) is 6.41 Å². The van der Waals surface area contributed by atoms with E-state index in [0.29, 0.717) is 24.2 Å². The summed E-state index contributed by atoms with van der Waals surface area (Å²) in [7, 11) is 0. The van der Waals surface area contributed by atoms with E-state index in [1.807, 2.05) is 0 Å². The van der Waals surface area contributed by atoms with Gasteiger partial charge in [0.25, 0.3) is 0 Å². The van der Waals surface area contributed by atoms with Crippen molar-refractivity contribution in [1.82, 2.24) is 14.9 Å². The molecule has 0 radical (unpaired) electrons. The minimum Gasteiger partial charge on any atom is -0.460 e. The third-order valence-electron chi connectivity index (χ3n) is 4.09. The Morgan fingerprint density at radius 1 is 1.29 bits per heavy atom. The zero-order chi connectivity index (χ0) is 16.9. The summed E-state index contributed by atoms with van der Waals surface area (Å²) in [4.78, 5) is 20.7. The molecule has 1 amide bonds. The first-order chi connectivity index (χ1) is 11.7. The fraction of sp³-hybridized carbons (Fsp3) is 0.353. The maximum atomic E-state index is 14.2. The number of nitrogens with zero attached hydrogens (tertiary/aromatic N) is 3. The van der Waals surface area contributed by atoms with Gasteiger partial charge in [0.05, 0.1) is 6.61 Å². The third-order valence-corrected chi connectivity index (χ3v) is 4.09. The minimum atomic E-state index is -0.474. The Kier molecular flexibility index (Phi) is 5.00. The normalized spacial score (nSPS) is 15.3. The van der Waals surface area contributed by atoms with Gasteiger partial charge in [0.1, 0.15) is 11.9 Å². The first-order valence-corrected chi connectivity index (χ1v) is 7.78. The lowest BCUT2D eigenvalue weighted by molar-refractivity contribution is -0.119. The largest absolute Gasteiger partial charge is 0.460 e. The van der Waals surface area contributed by atoms with Crippen molar-refractivity contribution in [3.05, 3.63) is 42.0 Å². The number of ether oxygens (including phenoxy) is 1. The second-order valence-corrected chi connectivity index (χ2v) is 5.65. The fourth-order valence-electron chi connectivity index (χ4n) is 2.69. The van der Waals surface area contributed by atoms with E-state index in [-0.39, 0.29) is 24.3 Å². The van der Waals surface area contributed by atoms with Crippen LogP contribution in [0.1, 0.15) is 18.4 Å². The van der Waals surface area contributed by atoms with Crippen LogP contribution in [0.5, 0.6) is 6.01 Å². The number of benzene rings is 1. The van der Waals surface area contributed by atoms with Crippen molar-refractivity contribution in [2.24, 2.45) is 0 Å². The number of piperidine rings is 1. The molecule has 1 aromatic carbocycles. The number of hydrogen-bond donors (Lipinski definition) is 1. The quantitative estimate of drug-likeness (QED) is 0.845. The molecule has 1 aromatic heterocycles. The molecule has 1 fully saturated rings. The standard InChI is InChI=1S/C17H18FN3O3/c18-16-12(10-22)2-1-3-15(16)13-8-19-17(20-9-13)24-14-4-6-21(11-23)7-5-14/h1-3,8-9,11,14,22H,4-7,10H2. The Morgan fingerprint density at radius 2 is 2.00 bits per heavy atom. The van der Waals surface area contributed by atoms with E-state index in [4.69, 9.17) is 9.84 Å². The van der Waals surface area contributed by atoms with Gasteiger partial charge in [-0.15, -0.1) is 0 Å². The highest BCUT2D eigenvalue weighted by Gasteiger charge is 2.20. The van der Waals surface area contributed by atoms with E-state index in [1.165, 1.54) is 18.5 Å². The highest BCUT2D eigenvalue weighted by molar-refractivity contribution is 5.63. The molecule has 0 unspecified atom stereocenters. The predicted octanol–water partition coefficient (Wildman–Crippen LogP) is 1.77. The van der Waals surface area contributed by atoms with Crippen molar-refractivity contribution in [1.29, 1.82) is 0 Å². The second kappa shape index (κ2) is 7.35. The second-order valence-electron chi connectivity index (χ2n) is 5.65. The molecule has 1 N–H and O–H groups in total. The number of carbonyl (C=O) groups is 1. The molecular formula is C17H18FN3O3. The summed E-state index contributed by atoms with van der Waals surface area (Å²) in [6.45, 7) is 0.956. The molecule has 0 bridgehead atoms. The Balaban J connectivity index is 1.69. The van der Waals surface area contributed by atoms with Gasteiger partial charge in [-0.1, -0.05) is 18.2 Å². The molecule has 1 saturated heterocycles. The minimum absolute atomic E-state index is 0.0264. The van der Waals surface area contributed by atoms with E-state index in [9.17, 15) is 9.18 Å². The third kappa shape index (κ3) is 3.51. The van der Waals surface area contributed by atoms with Gasteiger partial charge in [-0.05, 0) is 0 Å². The number of halogens is 1. The predicted molar refractivity (Wildman–Crippen MR) is 84.6 cm³/mol. The number of hydrogen-bond acceptors (Lipinski definition) is 5. The van der Waals surface area contributed by atoms with Gasteiger partial charge < -0.3 is 14.7 Å². The average molecular weight is 331 g/mol. The van der Waals surface area contributed by atoms with Gasteiger partial charge in [-0.25, -0.2) is 14.4 Å². The van der Waals surface area contributed by atoms with Gasteiger partial charge in [-0.3, -0.25) is 4.79 Å². The van der Waals surface area contributed by atoms with E-state index in [0.717, 1.165) is 19.3 Å². The molecular weight excluding hydrogens is 313 g/mol. The molecule has 1 aliphatic heterocycles. The van der Waals surface area contributed by atoms with Crippen LogP contribution in [0.2, 0.25) is 0 Å². The van der Waals surface area contributed by atoms with Crippen LogP contribution in [0.25, 0.3) is 11.1 Å².